The van der Waals surface area contributed by atoms with Crippen LogP contribution in [0.3, 0.4) is 0 Å². The summed E-state index contributed by atoms with van der Waals surface area (Å²) in [5.74, 6) is -1.06. The van der Waals surface area contributed by atoms with Crippen LogP contribution in [0.4, 0.5) is 0 Å². The van der Waals surface area contributed by atoms with Crippen molar-refractivity contribution in [3.05, 3.63) is 33.1 Å². The summed E-state index contributed by atoms with van der Waals surface area (Å²) >= 11 is 13.2. The smallest absolute Gasteiger partial charge is 0.337 e. The molecule has 0 aliphatic rings. The molecule has 0 aliphatic carbocycles. The van der Waals surface area contributed by atoms with Crippen LogP contribution >= 0.6 is 34.5 Å². The van der Waals surface area contributed by atoms with E-state index in [-0.39, 0.29) is 10.6 Å². The Labute approximate surface area is 93.7 Å². The van der Waals surface area contributed by atoms with Gasteiger partial charge in [0.15, 0.2) is 0 Å². The first-order chi connectivity index (χ1) is 6.61. The zero-order chi connectivity index (χ0) is 10.3. The van der Waals surface area contributed by atoms with Crippen LogP contribution < -0.4 is 0 Å². The van der Waals surface area contributed by atoms with Crippen molar-refractivity contribution >= 4 is 50.6 Å². The maximum Gasteiger partial charge on any atom is 0.337 e. The number of thiophene rings is 1. The molecule has 0 bridgehead atoms. The van der Waals surface area contributed by atoms with E-state index in [9.17, 15) is 4.79 Å². The van der Waals surface area contributed by atoms with Crippen molar-refractivity contribution in [1.82, 2.24) is 0 Å². The number of hydrogen-bond acceptors (Lipinski definition) is 2. The highest BCUT2D eigenvalue weighted by Gasteiger charge is 2.15. The van der Waals surface area contributed by atoms with Gasteiger partial charge in [-0.15, -0.1) is 11.3 Å². The molecular weight excluding hydrogens is 243 g/mol. The maximum absolute atomic E-state index is 10.8. The largest absolute Gasteiger partial charge is 0.478 e. The van der Waals surface area contributed by atoms with Gasteiger partial charge in [0, 0.05) is 5.39 Å². The second kappa shape index (κ2) is 3.42. The lowest BCUT2D eigenvalue weighted by Gasteiger charge is -2.01. The van der Waals surface area contributed by atoms with Crippen molar-refractivity contribution < 1.29 is 9.90 Å². The van der Waals surface area contributed by atoms with Gasteiger partial charge in [-0.05, 0) is 17.5 Å². The molecule has 1 aromatic carbocycles. The second-order valence-electron chi connectivity index (χ2n) is 2.69. The summed E-state index contributed by atoms with van der Waals surface area (Å²) in [7, 11) is 0. The van der Waals surface area contributed by atoms with Crippen LogP contribution in [0.5, 0.6) is 0 Å². The van der Waals surface area contributed by atoms with Crippen molar-refractivity contribution in [3.63, 3.8) is 0 Å². The lowest BCUT2D eigenvalue weighted by Crippen LogP contribution is -1.97. The van der Waals surface area contributed by atoms with Gasteiger partial charge in [0.05, 0.1) is 20.3 Å². The van der Waals surface area contributed by atoms with Gasteiger partial charge in [-0.1, -0.05) is 23.2 Å². The number of carboxylic acid groups (broad SMARTS) is 1. The molecule has 0 spiro atoms. The van der Waals surface area contributed by atoms with E-state index in [1.807, 2.05) is 11.4 Å². The number of fused-ring (bicyclic) bond motifs is 1. The van der Waals surface area contributed by atoms with Gasteiger partial charge in [0.2, 0.25) is 0 Å². The summed E-state index contributed by atoms with van der Waals surface area (Å²) in [5.41, 5.74) is 0.0478. The van der Waals surface area contributed by atoms with E-state index in [1.54, 1.807) is 0 Å². The minimum Gasteiger partial charge on any atom is -0.478 e. The van der Waals surface area contributed by atoms with E-state index in [0.717, 1.165) is 10.1 Å². The van der Waals surface area contributed by atoms with Crippen LogP contribution in [-0.4, -0.2) is 11.1 Å². The molecule has 0 unspecified atom stereocenters. The number of aromatic carboxylic acids is 1. The summed E-state index contributed by atoms with van der Waals surface area (Å²) in [6.07, 6.45) is 0. The van der Waals surface area contributed by atoms with E-state index in [2.05, 4.69) is 0 Å². The summed E-state index contributed by atoms with van der Waals surface area (Å²) in [4.78, 5) is 10.8. The van der Waals surface area contributed by atoms with Gasteiger partial charge in [0.1, 0.15) is 0 Å². The van der Waals surface area contributed by atoms with Crippen LogP contribution in [0.1, 0.15) is 10.4 Å². The average molecular weight is 247 g/mol. The predicted molar refractivity (Wildman–Crippen MR) is 58.8 cm³/mol. The minimum absolute atomic E-state index is 0.0478. The van der Waals surface area contributed by atoms with Gasteiger partial charge < -0.3 is 5.11 Å². The van der Waals surface area contributed by atoms with Crippen molar-refractivity contribution in [2.24, 2.45) is 0 Å². The normalized spacial score (nSPS) is 10.7. The van der Waals surface area contributed by atoms with Crippen molar-refractivity contribution in [1.29, 1.82) is 0 Å². The number of carbonyl (C=O) groups is 1. The fraction of sp³-hybridized carbons (Fsp3) is 0. The Morgan fingerprint density at radius 1 is 1.43 bits per heavy atom. The molecule has 0 amide bonds. The second-order valence-corrected chi connectivity index (χ2v) is 4.39. The first-order valence-electron chi connectivity index (χ1n) is 3.69. The molecule has 2 nitrogen and oxygen atoms in total. The summed E-state index contributed by atoms with van der Waals surface area (Å²) in [6.45, 7) is 0. The molecule has 1 aromatic heterocycles. The molecule has 0 saturated carbocycles. The van der Waals surface area contributed by atoms with Crippen LogP contribution in [0, 0.1) is 0 Å². The summed E-state index contributed by atoms with van der Waals surface area (Å²) < 4.78 is 0.719. The Balaban J connectivity index is 2.88. The van der Waals surface area contributed by atoms with Crippen LogP contribution in [0.2, 0.25) is 10.0 Å². The molecule has 0 fully saturated rings. The molecule has 2 aromatic rings. The Kier molecular flexibility index (Phi) is 2.39. The van der Waals surface area contributed by atoms with Gasteiger partial charge in [0.25, 0.3) is 0 Å². The Morgan fingerprint density at radius 3 is 2.79 bits per heavy atom. The van der Waals surface area contributed by atoms with E-state index in [1.165, 1.54) is 17.4 Å². The lowest BCUT2D eigenvalue weighted by atomic mass is 10.2. The third kappa shape index (κ3) is 1.38. The number of halogens is 2. The molecule has 5 heteroatoms. The maximum atomic E-state index is 10.8. The number of benzene rings is 1. The standard InChI is InChI=1S/C9H4Cl2O2S/c10-6-3-5(9(12)13)7(11)8-4(6)1-2-14-8/h1-3H,(H,12,13). The first-order valence-corrected chi connectivity index (χ1v) is 5.33. The molecule has 1 N–H and O–H groups in total. The molecule has 2 rings (SSSR count). The third-order valence-electron chi connectivity index (χ3n) is 1.86. The zero-order valence-electron chi connectivity index (χ0n) is 6.75. The van der Waals surface area contributed by atoms with E-state index in [4.69, 9.17) is 28.3 Å². The van der Waals surface area contributed by atoms with Crippen LogP contribution in [0.15, 0.2) is 17.5 Å². The summed E-state index contributed by atoms with van der Waals surface area (Å²) in [5, 5.41) is 12.1. The number of hydrogen-bond donors (Lipinski definition) is 1. The van der Waals surface area contributed by atoms with E-state index < -0.39 is 5.97 Å². The Bertz CT molecular complexity index is 519. The predicted octanol–water partition coefficient (Wildman–Crippen LogP) is 3.91. The highest BCUT2D eigenvalue weighted by Crippen LogP contribution is 2.36. The van der Waals surface area contributed by atoms with E-state index >= 15 is 0 Å². The van der Waals surface area contributed by atoms with Crippen molar-refractivity contribution in [3.8, 4) is 0 Å². The quantitative estimate of drug-likeness (QED) is 0.829. The molecule has 1 heterocycles. The number of carboxylic acids is 1. The van der Waals surface area contributed by atoms with Crippen LogP contribution in [-0.2, 0) is 0 Å². The molecular formula is C9H4Cl2O2S. The number of rotatable bonds is 1. The van der Waals surface area contributed by atoms with Crippen LogP contribution in [0.25, 0.3) is 10.1 Å². The molecule has 0 radical (unpaired) electrons. The highest BCUT2D eigenvalue weighted by molar-refractivity contribution is 7.18. The van der Waals surface area contributed by atoms with Gasteiger partial charge in [-0.2, -0.15) is 0 Å². The zero-order valence-corrected chi connectivity index (χ0v) is 9.08. The lowest BCUT2D eigenvalue weighted by molar-refractivity contribution is 0.0697. The van der Waals surface area contributed by atoms with Gasteiger partial charge >= 0.3 is 5.97 Å². The first kappa shape index (κ1) is 9.77. The minimum atomic E-state index is -1.06. The third-order valence-corrected chi connectivity index (χ3v) is 3.61. The fourth-order valence-electron chi connectivity index (χ4n) is 1.21. The SMILES string of the molecule is O=C(O)c1cc(Cl)c2ccsc2c1Cl. The molecule has 0 saturated heterocycles. The van der Waals surface area contributed by atoms with Crippen molar-refractivity contribution in [2.45, 2.75) is 0 Å². The van der Waals surface area contributed by atoms with Crippen molar-refractivity contribution in [2.75, 3.05) is 0 Å². The monoisotopic (exact) mass is 246 g/mol. The highest BCUT2D eigenvalue weighted by atomic mass is 35.5. The van der Waals surface area contributed by atoms with Gasteiger partial charge in [-0.25, -0.2) is 4.79 Å². The Morgan fingerprint density at radius 2 is 2.14 bits per heavy atom. The summed E-state index contributed by atoms with van der Waals surface area (Å²) in [6, 6.07) is 3.20. The molecule has 72 valence electrons. The van der Waals surface area contributed by atoms with E-state index in [0.29, 0.717) is 5.02 Å². The topological polar surface area (TPSA) is 37.3 Å². The molecule has 14 heavy (non-hydrogen) atoms. The molecule has 0 aliphatic heterocycles. The Hall–Kier alpha value is -0.770. The fourth-order valence-corrected chi connectivity index (χ4v) is 2.77. The molecule has 0 atom stereocenters. The van der Waals surface area contributed by atoms with Gasteiger partial charge in [-0.3, -0.25) is 0 Å². The average Bonchev–Trinajstić information content (AvgIpc) is 2.59.